The molecule has 1 unspecified atom stereocenters. The molecule has 92 valence electrons. The first-order valence-corrected chi connectivity index (χ1v) is 5.77. The van der Waals surface area contributed by atoms with Crippen molar-refractivity contribution in [1.82, 2.24) is 4.98 Å². The lowest BCUT2D eigenvalue weighted by Crippen LogP contribution is -2.23. The lowest BCUT2D eigenvalue weighted by Gasteiger charge is -2.12. The minimum atomic E-state index is -1.07. The highest BCUT2D eigenvalue weighted by atomic mass is 35.5. The summed E-state index contributed by atoms with van der Waals surface area (Å²) in [6.45, 7) is 0.290. The molecule has 17 heavy (non-hydrogen) atoms. The monoisotopic (exact) mass is 256 g/mol. The number of nitrogens with one attached hydrogen (secondary N) is 1. The van der Waals surface area contributed by atoms with E-state index in [4.69, 9.17) is 16.7 Å². The average Bonchev–Trinajstić information content (AvgIpc) is 3.09. The molecule has 0 aliphatic heterocycles. The molecule has 6 heteroatoms. The maximum absolute atomic E-state index is 10.9. The summed E-state index contributed by atoms with van der Waals surface area (Å²) < 4.78 is 0. The normalized spacial score (nSPS) is 16.6. The number of hydrogen-bond donors (Lipinski definition) is 3. The van der Waals surface area contributed by atoms with Crippen LogP contribution in [-0.4, -0.2) is 33.8 Å². The quantitative estimate of drug-likeness (QED) is 0.698. The number of anilines is 1. The predicted octanol–water partition coefficient (Wildman–Crippen LogP) is 1.62. The van der Waals surface area contributed by atoms with Gasteiger partial charge < -0.3 is 15.5 Å². The fourth-order valence-electron chi connectivity index (χ4n) is 1.59. The Hall–Kier alpha value is -1.33. The lowest BCUT2D eigenvalue weighted by molar-refractivity contribution is 0.0697. The minimum absolute atomic E-state index is 0.0531. The van der Waals surface area contributed by atoms with Gasteiger partial charge in [-0.15, -0.1) is 0 Å². The van der Waals surface area contributed by atoms with Gasteiger partial charge >= 0.3 is 5.97 Å². The molecule has 0 spiro atoms. The van der Waals surface area contributed by atoms with E-state index >= 15 is 0 Å². The SMILES string of the molecule is O=C(O)c1ccc(Cl)nc1NCC(O)C1CC1. The van der Waals surface area contributed by atoms with Crippen molar-refractivity contribution in [1.29, 1.82) is 0 Å². The first-order valence-electron chi connectivity index (χ1n) is 5.39. The van der Waals surface area contributed by atoms with Crippen molar-refractivity contribution in [2.75, 3.05) is 11.9 Å². The van der Waals surface area contributed by atoms with Gasteiger partial charge in [-0.25, -0.2) is 9.78 Å². The van der Waals surface area contributed by atoms with Crippen LogP contribution < -0.4 is 5.32 Å². The number of carboxylic acid groups (broad SMARTS) is 1. The van der Waals surface area contributed by atoms with Crippen LogP contribution in [0, 0.1) is 5.92 Å². The zero-order valence-electron chi connectivity index (χ0n) is 9.06. The molecule has 1 aromatic heterocycles. The number of carbonyl (C=O) groups is 1. The molecule has 0 bridgehead atoms. The number of rotatable bonds is 5. The Morgan fingerprint density at radius 2 is 2.29 bits per heavy atom. The van der Waals surface area contributed by atoms with Gasteiger partial charge in [0.2, 0.25) is 0 Å². The molecule has 2 rings (SSSR count). The van der Waals surface area contributed by atoms with Crippen LogP contribution in [0.4, 0.5) is 5.82 Å². The second-order valence-corrected chi connectivity index (χ2v) is 4.51. The van der Waals surface area contributed by atoms with Gasteiger partial charge in [-0.2, -0.15) is 0 Å². The summed E-state index contributed by atoms with van der Waals surface area (Å²) in [5.74, 6) is -0.544. The third kappa shape index (κ3) is 3.08. The molecule has 1 heterocycles. The molecular formula is C11H13ClN2O3. The van der Waals surface area contributed by atoms with Crippen molar-refractivity contribution in [2.45, 2.75) is 18.9 Å². The summed E-state index contributed by atoms with van der Waals surface area (Å²) in [4.78, 5) is 14.8. The molecule has 1 aliphatic carbocycles. The third-order valence-corrected chi connectivity index (χ3v) is 2.95. The van der Waals surface area contributed by atoms with Crippen LogP contribution in [0.15, 0.2) is 12.1 Å². The first-order chi connectivity index (χ1) is 8.08. The Morgan fingerprint density at radius 1 is 1.59 bits per heavy atom. The minimum Gasteiger partial charge on any atom is -0.478 e. The summed E-state index contributed by atoms with van der Waals surface area (Å²) in [6, 6.07) is 2.82. The number of aliphatic hydroxyl groups excluding tert-OH is 1. The summed E-state index contributed by atoms with van der Waals surface area (Å²) in [7, 11) is 0. The molecule has 1 aliphatic rings. The zero-order valence-corrected chi connectivity index (χ0v) is 9.81. The van der Waals surface area contributed by atoms with Gasteiger partial charge in [0.05, 0.1) is 6.10 Å². The fraction of sp³-hybridized carbons (Fsp3) is 0.455. The van der Waals surface area contributed by atoms with Gasteiger partial charge in [-0.05, 0) is 30.9 Å². The van der Waals surface area contributed by atoms with Crippen LogP contribution >= 0.6 is 11.6 Å². The van der Waals surface area contributed by atoms with E-state index < -0.39 is 12.1 Å². The summed E-state index contributed by atoms with van der Waals surface area (Å²) in [6.07, 6.45) is 1.59. The number of hydrogen-bond acceptors (Lipinski definition) is 4. The Kier molecular flexibility index (Phi) is 3.49. The van der Waals surface area contributed by atoms with Gasteiger partial charge in [0.15, 0.2) is 0 Å². The highest BCUT2D eigenvalue weighted by Gasteiger charge is 2.29. The van der Waals surface area contributed by atoms with Gasteiger partial charge in [0.25, 0.3) is 0 Å². The molecule has 0 aromatic carbocycles. The second kappa shape index (κ2) is 4.89. The van der Waals surface area contributed by atoms with Crippen molar-refractivity contribution >= 4 is 23.4 Å². The Balaban J connectivity index is 2.07. The van der Waals surface area contributed by atoms with E-state index in [2.05, 4.69) is 10.3 Å². The molecule has 1 saturated carbocycles. The number of halogens is 1. The van der Waals surface area contributed by atoms with Crippen LogP contribution in [0.5, 0.6) is 0 Å². The molecule has 0 saturated heterocycles. The van der Waals surface area contributed by atoms with E-state index in [-0.39, 0.29) is 23.1 Å². The number of nitrogens with zero attached hydrogens (tertiary/aromatic N) is 1. The van der Waals surface area contributed by atoms with Crippen molar-refractivity contribution in [2.24, 2.45) is 5.92 Å². The van der Waals surface area contributed by atoms with E-state index in [0.717, 1.165) is 12.8 Å². The molecule has 3 N–H and O–H groups in total. The molecule has 0 radical (unpaired) electrons. The lowest BCUT2D eigenvalue weighted by atomic mass is 10.2. The van der Waals surface area contributed by atoms with E-state index in [9.17, 15) is 9.90 Å². The Bertz CT molecular complexity index is 435. The molecular weight excluding hydrogens is 244 g/mol. The topological polar surface area (TPSA) is 82.5 Å². The number of aliphatic hydroxyl groups is 1. The fourth-order valence-corrected chi connectivity index (χ4v) is 1.74. The average molecular weight is 257 g/mol. The number of aromatic nitrogens is 1. The number of aromatic carboxylic acids is 1. The third-order valence-electron chi connectivity index (χ3n) is 2.74. The van der Waals surface area contributed by atoms with Crippen LogP contribution in [0.1, 0.15) is 23.2 Å². The summed E-state index contributed by atoms with van der Waals surface area (Å²) in [5, 5.41) is 21.7. The van der Waals surface area contributed by atoms with Crippen LogP contribution in [-0.2, 0) is 0 Å². The summed E-state index contributed by atoms with van der Waals surface area (Å²) in [5.41, 5.74) is 0.0531. The summed E-state index contributed by atoms with van der Waals surface area (Å²) >= 11 is 5.71. The molecule has 0 amide bonds. The van der Waals surface area contributed by atoms with Crippen LogP contribution in [0.25, 0.3) is 0 Å². The number of pyridine rings is 1. The number of carboxylic acids is 1. The smallest absolute Gasteiger partial charge is 0.339 e. The first kappa shape index (κ1) is 12.1. The van der Waals surface area contributed by atoms with E-state index in [1.165, 1.54) is 12.1 Å². The highest BCUT2D eigenvalue weighted by molar-refractivity contribution is 6.29. The maximum Gasteiger partial charge on any atom is 0.339 e. The van der Waals surface area contributed by atoms with E-state index in [0.29, 0.717) is 5.92 Å². The highest BCUT2D eigenvalue weighted by Crippen LogP contribution is 2.32. The van der Waals surface area contributed by atoms with Crippen molar-refractivity contribution in [3.05, 3.63) is 22.8 Å². The molecule has 1 fully saturated rings. The molecule has 1 atom stereocenters. The second-order valence-electron chi connectivity index (χ2n) is 4.12. The zero-order chi connectivity index (χ0) is 12.4. The van der Waals surface area contributed by atoms with Gasteiger partial charge in [0, 0.05) is 6.54 Å². The van der Waals surface area contributed by atoms with Crippen molar-refractivity contribution < 1.29 is 15.0 Å². The maximum atomic E-state index is 10.9. The van der Waals surface area contributed by atoms with Crippen LogP contribution in [0.2, 0.25) is 5.15 Å². The van der Waals surface area contributed by atoms with Gasteiger partial charge in [0.1, 0.15) is 16.5 Å². The van der Waals surface area contributed by atoms with E-state index in [1.54, 1.807) is 0 Å². The van der Waals surface area contributed by atoms with Crippen molar-refractivity contribution in [3.8, 4) is 0 Å². The standard InChI is InChI=1S/C11H13ClN2O3/c12-9-4-3-7(11(16)17)10(14-9)13-5-8(15)6-1-2-6/h3-4,6,8,15H,1-2,5H2,(H,13,14)(H,16,17). The largest absolute Gasteiger partial charge is 0.478 e. The van der Waals surface area contributed by atoms with E-state index in [1.807, 2.05) is 0 Å². The van der Waals surface area contributed by atoms with Crippen LogP contribution in [0.3, 0.4) is 0 Å². The predicted molar refractivity (Wildman–Crippen MR) is 63.4 cm³/mol. The molecule has 1 aromatic rings. The molecule has 5 nitrogen and oxygen atoms in total. The van der Waals surface area contributed by atoms with Crippen molar-refractivity contribution in [3.63, 3.8) is 0 Å². The Labute approximate surface area is 103 Å². The Morgan fingerprint density at radius 3 is 2.88 bits per heavy atom. The van der Waals surface area contributed by atoms with Gasteiger partial charge in [-0.3, -0.25) is 0 Å². The van der Waals surface area contributed by atoms with Gasteiger partial charge in [-0.1, -0.05) is 11.6 Å².